The van der Waals surface area contributed by atoms with E-state index in [9.17, 15) is 13.2 Å². The molecule has 0 heterocycles. The number of aliphatic hydroxyl groups is 1. The molecule has 96 valence electrons. The van der Waals surface area contributed by atoms with E-state index in [1.807, 2.05) is 0 Å². The van der Waals surface area contributed by atoms with Gasteiger partial charge in [-0.15, -0.1) is 0 Å². The maximum absolute atomic E-state index is 11.4. The highest BCUT2D eigenvalue weighted by Crippen LogP contribution is 2.06. The molecule has 0 bridgehead atoms. The van der Waals surface area contributed by atoms with Gasteiger partial charge in [0.2, 0.25) is 0 Å². The molecule has 0 saturated carbocycles. The molecule has 0 spiro atoms. The molecule has 0 aromatic rings. The molecular weight excluding hydrogens is 236 g/mol. The third-order valence-electron chi connectivity index (χ3n) is 1.95. The van der Waals surface area contributed by atoms with Gasteiger partial charge in [-0.25, -0.2) is 9.52 Å². The lowest BCUT2D eigenvalue weighted by Gasteiger charge is -2.21. The number of aliphatic hydroxyl groups excluding tert-OH is 1. The molecule has 8 heteroatoms. The molecule has 0 radical (unpaired) electrons. The van der Waals surface area contributed by atoms with Gasteiger partial charge in [0.25, 0.3) is 0 Å². The molecule has 7 nitrogen and oxygen atoms in total. The van der Waals surface area contributed by atoms with E-state index in [1.165, 1.54) is 0 Å². The standard InChI is InChI=1S/C8H18N2O5S/c1-6(2)7(4-5-11)9-16(13,14)10-8(12)15-3/h6-7,9,11H,4-5H2,1-3H3,(H,10,12). The number of methoxy groups -OCH3 is 1. The fraction of sp³-hybridized carbons (Fsp3) is 0.875. The topological polar surface area (TPSA) is 105 Å². The maximum atomic E-state index is 11.4. The zero-order chi connectivity index (χ0) is 12.8. The summed E-state index contributed by atoms with van der Waals surface area (Å²) in [7, 11) is -2.88. The number of carbonyl (C=O) groups is 1. The van der Waals surface area contributed by atoms with Crippen LogP contribution < -0.4 is 9.44 Å². The molecular formula is C8H18N2O5S. The van der Waals surface area contributed by atoms with Crippen LogP contribution in [0.15, 0.2) is 0 Å². The van der Waals surface area contributed by atoms with E-state index >= 15 is 0 Å². The summed E-state index contributed by atoms with van der Waals surface area (Å²) in [5, 5.41) is 8.76. The number of rotatable bonds is 6. The normalized spacial score (nSPS) is 13.6. The molecule has 3 N–H and O–H groups in total. The Morgan fingerprint density at radius 2 is 2.00 bits per heavy atom. The highest BCUT2D eigenvalue weighted by atomic mass is 32.2. The summed E-state index contributed by atoms with van der Waals surface area (Å²) in [5.41, 5.74) is 0. The van der Waals surface area contributed by atoms with E-state index in [2.05, 4.69) is 9.46 Å². The Morgan fingerprint density at radius 3 is 2.38 bits per heavy atom. The molecule has 0 aromatic carbocycles. The van der Waals surface area contributed by atoms with Crippen molar-refractivity contribution < 1.29 is 23.1 Å². The first-order valence-electron chi connectivity index (χ1n) is 4.81. The number of hydrogen-bond donors (Lipinski definition) is 3. The Labute approximate surface area is 95.4 Å². The molecule has 1 unspecified atom stereocenters. The number of hydrogen-bond acceptors (Lipinski definition) is 5. The van der Waals surface area contributed by atoms with Crippen molar-refractivity contribution in [2.75, 3.05) is 13.7 Å². The van der Waals surface area contributed by atoms with E-state index in [0.29, 0.717) is 0 Å². The second-order valence-electron chi connectivity index (χ2n) is 3.58. The van der Waals surface area contributed by atoms with Gasteiger partial charge >= 0.3 is 16.3 Å². The monoisotopic (exact) mass is 254 g/mol. The van der Waals surface area contributed by atoms with E-state index < -0.39 is 22.3 Å². The van der Waals surface area contributed by atoms with Gasteiger partial charge in [-0.05, 0) is 12.3 Å². The minimum atomic E-state index is -3.94. The largest absolute Gasteiger partial charge is 0.452 e. The molecule has 1 atom stereocenters. The second kappa shape index (κ2) is 6.66. The van der Waals surface area contributed by atoms with Gasteiger partial charge in [-0.1, -0.05) is 13.8 Å². The Kier molecular flexibility index (Phi) is 6.31. The molecule has 16 heavy (non-hydrogen) atoms. The van der Waals surface area contributed by atoms with E-state index in [4.69, 9.17) is 5.11 Å². The Bertz CT molecular complexity index is 314. The molecule has 0 aliphatic carbocycles. The van der Waals surface area contributed by atoms with Crippen molar-refractivity contribution in [2.45, 2.75) is 26.3 Å². The summed E-state index contributed by atoms with van der Waals surface area (Å²) in [4.78, 5) is 10.7. The zero-order valence-electron chi connectivity index (χ0n) is 9.56. The summed E-state index contributed by atoms with van der Waals surface area (Å²) in [6.07, 6.45) is -0.779. The fourth-order valence-corrected chi connectivity index (χ4v) is 2.20. The van der Waals surface area contributed by atoms with Gasteiger partial charge in [0.15, 0.2) is 0 Å². The predicted octanol–water partition coefficient (Wildman–Crippen LogP) is -0.416. The summed E-state index contributed by atoms with van der Waals surface area (Å²) in [6.45, 7) is 3.48. The van der Waals surface area contributed by atoms with Crippen LogP contribution in [0.5, 0.6) is 0 Å². The second-order valence-corrected chi connectivity index (χ2v) is 5.02. The van der Waals surface area contributed by atoms with Crippen LogP contribution >= 0.6 is 0 Å². The fourth-order valence-electron chi connectivity index (χ4n) is 1.05. The zero-order valence-corrected chi connectivity index (χ0v) is 10.4. The van der Waals surface area contributed by atoms with Crippen molar-refractivity contribution in [2.24, 2.45) is 5.92 Å². The molecule has 0 fully saturated rings. The van der Waals surface area contributed by atoms with Crippen LogP contribution in [-0.2, 0) is 14.9 Å². The first kappa shape index (κ1) is 15.1. The van der Waals surface area contributed by atoms with Crippen LogP contribution in [0.1, 0.15) is 20.3 Å². The van der Waals surface area contributed by atoms with Gasteiger partial charge in [0, 0.05) is 12.6 Å². The predicted molar refractivity (Wildman–Crippen MR) is 57.9 cm³/mol. The number of ether oxygens (including phenoxy) is 1. The summed E-state index contributed by atoms with van der Waals surface area (Å²) >= 11 is 0. The average molecular weight is 254 g/mol. The smallest absolute Gasteiger partial charge is 0.421 e. The third-order valence-corrected chi connectivity index (χ3v) is 3.00. The van der Waals surface area contributed by atoms with Crippen LogP contribution in [0.3, 0.4) is 0 Å². The van der Waals surface area contributed by atoms with Gasteiger partial charge in [0.05, 0.1) is 7.11 Å². The van der Waals surface area contributed by atoms with Crippen LogP contribution in [0.25, 0.3) is 0 Å². The minimum absolute atomic E-state index is 0.00127. The van der Waals surface area contributed by atoms with Crippen LogP contribution in [-0.4, -0.2) is 39.4 Å². The lowest BCUT2D eigenvalue weighted by atomic mass is 10.0. The molecule has 0 rings (SSSR count). The van der Waals surface area contributed by atoms with E-state index in [1.54, 1.807) is 18.6 Å². The van der Waals surface area contributed by atoms with Gasteiger partial charge in [-0.3, -0.25) is 0 Å². The summed E-state index contributed by atoms with van der Waals surface area (Å²) < 4.78 is 30.9. The average Bonchev–Trinajstić information content (AvgIpc) is 2.15. The SMILES string of the molecule is COC(=O)NS(=O)(=O)NC(CCO)C(C)C. The van der Waals surface area contributed by atoms with E-state index in [0.717, 1.165) is 7.11 Å². The molecule has 0 aliphatic rings. The van der Waals surface area contributed by atoms with Gasteiger partial charge < -0.3 is 9.84 Å². The Balaban J connectivity index is 4.47. The van der Waals surface area contributed by atoms with Crippen molar-refractivity contribution in [3.8, 4) is 0 Å². The van der Waals surface area contributed by atoms with Crippen LogP contribution in [0, 0.1) is 5.92 Å². The summed E-state index contributed by atoms with van der Waals surface area (Å²) in [6, 6.07) is -0.438. The van der Waals surface area contributed by atoms with Crippen LogP contribution in [0.4, 0.5) is 4.79 Å². The molecule has 1 amide bonds. The van der Waals surface area contributed by atoms with Crippen molar-refractivity contribution in [3.63, 3.8) is 0 Å². The Morgan fingerprint density at radius 1 is 1.44 bits per heavy atom. The van der Waals surface area contributed by atoms with Gasteiger partial charge in [-0.2, -0.15) is 13.1 Å². The minimum Gasteiger partial charge on any atom is -0.452 e. The molecule has 0 saturated heterocycles. The molecule has 0 aliphatic heterocycles. The lowest BCUT2D eigenvalue weighted by molar-refractivity contribution is 0.177. The molecule has 0 aromatic heterocycles. The lowest BCUT2D eigenvalue weighted by Crippen LogP contribution is -2.47. The number of amides is 1. The maximum Gasteiger partial charge on any atom is 0.421 e. The highest BCUT2D eigenvalue weighted by molar-refractivity contribution is 7.88. The Hall–Kier alpha value is -0.860. The van der Waals surface area contributed by atoms with E-state index in [-0.39, 0.29) is 18.9 Å². The summed E-state index contributed by atoms with van der Waals surface area (Å²) in [5.74, 6) is 0.00127. The number of nitrogens with one attached hydrogen (secondary N) is 2. The first-order chi connectivity index (χ1) is 7.32. The highest BCUT2D eigenvalue weighted by Gasteiger charge is 2.22. The van der Waals surface area contributed by atoms with Gasteiger partial charge in [0.1, 0.15) is 0 Å². The first-order valence-corrected chi connectivity index (χ1v) is 6.29. The van der Waals surface area contributed by atoms with Crippen molar-refractivity contribution in [3.05, 3.63) is 0 Å². The van der Waals surface area contributed by atoms with Crippen LogP contribution in [0.2, 0.25) is 0 Å². The van der Waals surface area contributed by atoms with Crippen molar-refractivity contribution in [1.29, 1.82) is 0 Å². The quantitative estimate of drug-likeness (QED) is 0.597. The van der Waals surface area contributed by atoms with Crippen molar-refractivity contribution in [1.82, 2.24) is 9.44 Å². The van der Waals surface area contributed by atoms with Crippen molar-refractivity contribution >= 4 is 16.3 Å². The number of carbonyl (C=O) groups excluding carboxylic acids is 1. The third kappa shape index (κ3) is 5.89.